The fourth-order valence-corrected chi connectivity index (χ4v) is 3.42. The van der Waals surface area contributed by atoms with Crippen LogP contribution in [0.25, 0.3) is 0 Å². The molecule has 6 nitrogen and oxygen atoms in total. The molecule has 2 aromatic rings. The number of nitrogens with one attached hydrogen (secondary N) is 1. The molecule has 9 heteroatoms. The Morgan fingerprint density at radius 2 is 1.96 bits per heavy atom. The highest BCUT2D eigenvalue weighted by molar-refractivity contribution is 14.1. The fourth-order valence-electron chi connectivity index (χ4n) is 2.97. The van der Waals surface area contributed by atoms with E-state index in [1.54, 1.807) is 6.07 Å². The lowest BCUT2D eigenvalue weighted by Crippen LogP contribution is -2.41. The zero-order chi connectivity index (χ0) is 20.3. The summed E-state index contributed by atoms with van der Waals surface area (Å²) in [6.45, 7) is 0.604. The molecule has 1 aliphatic heterocycles. The van der Waals surface area contributed by atoms with Gasteiger partial charge in [0.2, 0.25) is 0 Å². The third kappa shape index (κ3) is 4.62. The number of rotatable bonds is 4. The van der Waals surface area contributed by atoms with Gasteiger partial charge in [-0.1, -0.05) is 0 Å². The van der Waals surface area contributed by atoms with E-state index in [-0.39, 0.29) is 28.8 Å². The molecular weight excluding hydrogens is 483 g/mol. The van der Waals surface area contributed by atoms with Gasteiger partial charge in [-0.05, 0) is 46.9 Å². The van der Waals surface area contributed by atoms with Crippen molar-refractivity contribution in [1.82, 2.24) is 4.90 Å². The molecule has 0 saturated carbocycles. The third-order valence-electron chi connectivity index (χ3n) is 4.39. The average molecular weight is 499 g/mol. The van der Waals surface area contributed by atoms with Gasteiger partial charge in [-0.3, -0.25) is 0 Å². The molecule has 146 valence electrons. The van der Waals surface area contributed by atoms with Crippen LogP contribution in [0.4, 0.5) is 25.0 Å². The number of anilines is 2. The maximum absolute atomic E-state index is 14.1. The summed E-state index contributed by atoms with van der Waals surface area (Å²) in [5, 5.41) is 21.3. The minimum Gasteiger partial charge on any atom is -0.489 e. The van der Waals surface area contributed by atoms with Gasteiger partial charge in [0.25, 0.3) is 0 Å². The predicted molar refractivity (Wildman–Crippen MR) is 107 cm³/mol. The Morgan fingerprint density at radius 3 is 2.57 bits per heavy atom. The fraction of sp³-hybridized carbons (Fsp3) is 0.263. The zero-order valence-electron chi connectivity index (χ0n) is 14.6. The first kappa shape index (κ1) is 20.1. The number of carboxylic acid groups (broad SMARTS) is 1. The molecule has 1 fully saturated rings. The van der Waals surface area contributed by atoms with Crippen molar-refractivity contribution in [3.63, 3.8) is 0 Å². The first-order valence-corrected chi connectivity index (χ1v) is 9.55. The summed E-state index contributed by atoms with van der Waals surface area (Å²) in [7, 11) is 0. The first-order chi connectivity index (χ1) is 13.4. The molecule has 0 bridgehead atoms. The monoisotopic (exact) mass is 499 g/mol. The van der Waals surface area contributed by atoms with Crippen LogP contribution in [0.5, 0.6) is 5.75 Å². The molecule has 0 radical (unpaired) electrons. The smallest absolute Gasteiger partial charge is 0.407 e. The van der Waals surface area contributed by atoms with Crippen molar-refractivity contribution in [3.05, 3.63) is 51.1 Å². The van der Waals surface area contributed by atoms with Crippen LogP contribution in [-0.4, -0.2) is 35.3 Å². The normalized spacial score (nSPS) is 14.4. The van der Waals surface area contributed by atoms with Gasteiger partial charge in [-0.15, -0.1) is 0 Å². The van der Waals surface area contributed by atoms with Crippen LogP contribution in [0.3, 0.4) is 0 Å². The predicted octanol–water partition coefficient (Wildman–Crippen LogP) is 4.71. The van der Waals surface area contributed by atoms with Gasteiger partial charge in [-0.2, -0.15) is 5.26 Å². The van der Waals surface area contributed by atoms with E-state index in [2.05, 4.69) is 5.32 Å². The van der Waals surface area contributed by atoms with Gasteiger partial charge in [0.15, 0.2) is 0 Å². The SMILES string of the molecule is N#Cc1c(Nc2ccc(I)cc2F)cc(F)cc1OC1CCN(C(=O)O)CC1. The van der Waals surface area contributed by atoms with Crippen molar-refractivity contribution in [3.8, 4) is 11.8 Å². The van der Waals surface area contributed by atoms with Crippen molar-refractivity contribution in [2.24, 2.45) is 0 Å². The lowest BCUT2D eigenvalue weighted by molar-refractivity contribution is 0.0892. The minimum atomic E-state index is -0.993. The molecule has 3 rings (SSSR count). The number of likely N-dealkylation sites (tertiary alicyclic amines) is 1. The second kappa shape index (κ2) is 8.60. The highest BCUT2D eigenvalue weighted by Crippen LogP contribution is 2.32. The van der Waals surface area contributed by atoms with E-state index in [0.717, 1.165) is 12.1 Å². The van der Waals surface area contributed by atoms with E-state index in [1.807, 2.05) is 28.7 Å². The summed E-state index contributed by atoms with van der Waals surface area (Å²) >= 11 is 1.97. The Balaban J connectivity index is 1.83. The minimum absolute atomic E-state index is 0.0460. The summed E-state index contributed by atoms with van der Waals surface area (Å²) in [4.78, 5) is 12.3. The number of carbonyl (C=O) groups is 1. The molecule has 2 N–H and O–H groups in total. The van der Waals surface area contributed by atoms with Gasteiger partial charge in [0.05, 0.1) is 11.4 Å². The lowest BCUT2D eigenvalue weighted by Gasteiger charge is -2.30. The number of ether oxygens (including phenoxy) is 1. The van der Waals surface area contributed by atoms with Crippen LogP contribution in [0.1, 0.15) is 18.4 Å². The Hall–Kier alpha value is -2.61. The van der Waals surface area contributed by atoms with E-state index >= 15 is 0 Å². The second-order valence-corrected chi connectivity index (χ2v) is 7.52. The zero-order valence-corrected chi connectivity index (χ0v) is 16.7. The first-order valence-electron chi connectivity index (χ1n) is 8.47. The molecule has 1 amide bonds. The number of benzene rings is 2. The molecule has 0 aromatic heterocycles. The maximum atomic E-state index is 14.1. The number of nitriles is 1. The molecule has 0 unspecified atom stereocenters. The van der Waals surface area contributed by atoms with E-state index < -0.39 is 17.7 Å². The van der Waals surface area contributed by atoms with E-state index in [4.69, 9.17) is 9.84 Å². The van der Waals surface area contributed by atoms with Gasteiger partial charge < -0.3 is 20.1 Å². The van der Waals surface area contributed by atoms with Crippen molar-refractivity contribution in [2.45, 2.75) is 18.9 Å². The molecular formula is C19H16F2IN3O3. The molecule has 1 heterocycles. The molecule has 1 aliphatic rings. The summed E-state index contributed by atoms with van der Waals surface area (Å²) < 4.78 is 34.7. The van der Waals surface area contributed by atoms with Gasteiger partial charge in [-0.25, -0.2) is 13.6 Å². The molecule has 0 aliphatic carbocycles. The largest absolute Gasteiger partial charge is 0.489 e. The number of halogens is 3. The summed E-state index contributed by atoms with van der Waals surface area (Å²) in [6, 6.07) is 8.70. The second-order valence-electron chi connectivity index (χ2n) is 6.27. The van der Waals surface area contributed by atoms with Crippen LogP contribution >= 0.6 is 22.6 Å². The van der Waals surface area contributed by atoms with E-state index in [0.29, 0.717) is 29.5 Å². The lowest BCUT2D eigenvalue weighted by atomic mass is 10.1. The van der Waals surface area contributed by atoms with Crippen molar-refractivity contribution >= 4 is 40.1 Å². The summed E-state index contributed by atoms with van der Waals surface area (Å²) in [6.07, 6.45) is -0.468. The standard InChI is InChI=1S/C19H16F2IN3O3/c20-11-7-17(24-16-2-1-12(22)9-15(16)21)14(10-23)18(8-11)28-13-3-5-25(6-4-13)19(26)27/h1-2,7-9,13,24H,3-6H2,(H,26,27). The van der Waals surface area contributed by atoms with Crippen LogP contribution in [0, 0.1) is 26.5 Å². The number of amides is 1. The Kier molecular flexibility index (Phi) is 6.18. The topological polar surface area (TPSA) is 85.6 Å². The number of hydrogen-bond donors (Lipinski definition) is 2. The molecule has 0 spiro atoms. The maximum Gasteiger partial charge on any atom is 0.407 e. The van der Waals surface area contributed by atoms with Crippen LogP contribution in [-0.2, 0) is 0 Å². The highest BCUT2D eigenvalue weighted by Gasteiger charge is 2.25. The summed E-state index contributed by atoms with van der Waals surface area (Å²) in [5.74, 6) is -1.11. The van der Waals surface area contributed by atoms with Gasteiger partial charge >= 0.3 is 6.09 Å². The van der Waals surface area contributed by atoms with Crippen LogP contribution < -0.4 is 10.1 Å². The summed E-state index contributed by atoms with van der Waals surface area (Å²) in [5.41, 5.74) is 0.267. The molecule has 2 aromatic carbocycles. The van der Waals surface area contributed by atoms with Crippen molar-refractivity contribution in [1.29, 1.82) is 5.26 Å². The van der Waals surface area contributed by atoms with Crippen molar-refractivity contribution in [2.75, 3.05) is 18.4 Å². The number of nitrogens with zero attached hydrogens (tertiary/aromatic N) is 2. The Labute approximate surface area is 173 Å². The molecule has 0 atom stereocenters. The van der Waals surface area contributed by atoms with E-state index in [1.165, 1.54) is 17.0 Å². The molecule has 28 heavy (non-hydrogen) atoms. The van der Waals surface area contributed by atoms with Gasteiger partial charge in [0, 0.05) is 35.6 Å². The van der Waals surface area contributed by atoms with Gasteiger partial charge in [0.1, 0.15) is 35.1 Å². The quantitative estimate of drug-likeness (QED) is 0.596. The Morgan fingerprint density at radius 1 is 1.25 bits per heavy atom. The van der Waals surface area contributed by atoms with E-state index in [9.17, 15) is 18.8 Å². The van der Waals surface area contributed by atoms with Crippen molar-refractivity contribution < 1.29 is 23.4 Å². The number of piperidine rings is 1. The molecule has 1 saturated heterocycles. The Bertz CT molecular complexity index is 941. The third-order valence-corrected chi connectivity index (χ3v) is 5.06. The highest BCUT2D eigenvalue weighted by atomic mass is 127. The number of hydrogen-bond acceptors (Lipinski definition) is 4. The van der Waals surface area contributed by atoms with Crippen LogP contribution in [0.2, 0.25) is 0 Å². The van der Waals surface area contributed by atoms with Crippen LogP contribution in [0.15, 0.2) is 30.3 Å². The average Bonchev–Trinajstić information content (AvgIpc) is 2.64.